The molecule has 3 heterocycles. The zero-order chi connectivity index (χ0) is 17.4. The number of aromatic nitrogens is 4. The van der Waals surface area contributed by atoms with Gasteiger partial charge in [0.15, 0.2) is 5.16 Å². The molecule has 0 fully saturated rings. The van der Waals surface area contributed by atoms with E-state index in [9.17, 15) is 4.79 Å². The predicted octanol–water partition coefficient (Wildman–Crippen LogP) is 4.12. The fraction of sp³-hybridized carbons (Fsp3) is 0.278. The molecule has 0 aliphatic heterocycles. The normalized spacial score (nSPS) is 11.6. The smallest absolute Gasteiger partial charge is 0.272 e. The molecule has 4 rings (SSSR count). The van der Waals surface area contributed by atoms with Crippen LogP contribution in [0.4, 0.5) is 0 Å². The number of hydrogen-bond acceptors (Lipinski definition) is 5. The summed E-state index contributed by atoms with van der Waals surface area (Å²) in [4.78, 5) is 12.7. The molecule has 0 unspecified atom stereocenters. The highest BCUT2D eigenvalue weighted by Gasteiger charge is 2.17. The van der Waals surface area contributed by atoms with Crippen molar-refractivity contribution in [1.82, 2.24) is 19.2 Å². The van der Waals surface area contributed by atoms with Crippen LogP contribution in [0.2, 0.25) is 0 Å². The molecule has 4 aromatic rings. The highest BCUT2D eigenvalue weighted by Crippen LogP contribution is 2.26. The summed E-state index contributed by atoms with van der Waals surface area (Å²) in [5, 5.41) is 11.5. The third kappa shape index (κ3) is 2.87. The highest BCUT2D eigenvalue weighted by atomic mass is 32.2. The lowest BCUT2D eigenvalue weighted by molar-refractivity contribution is 0.663. The Hall–Kier alpha value is -2.12. The Morgan fingerprint density at radius 2 is 2.12 bits per heavy atom. The molecule has 0 saturated heterocycles. The molecule has 0 amide bonds. The van der Waals surface area contributed by atoms with E-state index >= 15 is 0 Å². The number of hydrogen-bond donors (Lipinski definition) is 0. The Kier molecular flexibility index (Phi) is 4.35. The van der Waals surface area contributed by atoms with Crippen molar-refractivity contribution in [2.24, 2.45) is 0 Å². The van der Waals surface area contributed by atoms with Gasteiger partial charge in [-0.1, -0.05) is 48.5 Å². The van der Waals surface area contributed by atoms with Crippen LogP contribution in [0.1, 0.15) is 24.5 Å². The van der Waals surface area contributed by atoms with Gasteiger partial charge in [0, 0.05) is 12.3 Å². The van der Waals surface area contributed by atoms with E-state index in [-0.39, 0.29) is 5.56 Å². The molecule has 0 radical (unpaired) electrons. The minimum absolute atomic E-state index is 0.0296. The Morgan fingerprint density at radius 3 is 2.92 bits per heavy atom. The number of aryl methyl sites for hydroxylation is 2. The van der Waals surface area contributed by atoms with Crippen LogP contribution in [0.5, 0.6) is 0 Å². The van der Waals surface area contributed by atoms with Crippen LogP contribution < -0.4 is 5.56 Å². The zero-order valence-electron chi connectivity index (χ0n) is 14.1. The predicted molar refractivity (Wildman–Crippen MR) is 104 cm³/mol. The molecule has 0 aliphatic rings. The lowest BCUT2D eigenvalue weighted by Crippen LogP contribution is -2.22. The van der Waals surface area contributed by atoms with Gasteiger partial charge in [-0.15, -0.1) is 21.5 Å². The highest BCUT2D eigenvalue weighted by molar-refractivity contribution is 7.98. The molecule has 1 aromatic carbocycles. The van der Waals surface area contributed by atoms with Crippen LogP contribution in [0, 0.1) is 6.92 Å². The molecule has 5 nitrogen and oxygen atoms in total. The molecule has 0 spiro atoms. The average molecular weight is 371 g/mol. The van der Waals surface area contributed by atoms with E-state index in [1.165, 1.54) is 22.5 Å². The van der Waals surface area contributed by atoms with Gasteiger partial charge in [-0.2, -0.15) is 0 Å². The second-order valence-electron chi connectivity index (χ2n) is 5.99. The molecule has 0 N–H and O–H groups in total. The molecule has 0 aliphatic carbocycles. The lowest BCUT2D eigenvalue weighted by Gasteiger charge is -2.08. The second-order valence-corrected chi connectivity index (χ2v) is 7.85. The minimum Gasteiger partial charge on any atom is -0.276 e. The molecule has 3 aromatic heterocycles. The number of fused-ring (bicyclic) bond motifs is 3. The van der Waals surface area contributed by atoms with Gasteiger partial charge in [0.1, 0.15) is 4.70 Å². The van der Waals surface area contributed by atoms with Gasteiger partial charge in [0.25, 0.3) is 5.56 Å². The maximum Gasteiger partial charge on any atom is 0.272 e. The van der Waals surface area contributed by atoms with Gasteiger partial charge >= 0.3 is 0 Å². The van der Waals surface area contributed by atoms with Crippen LogP contribution in [0.3, 0.4) is 0 Å². The number of thioether (sulfide) groups is 1. The summed E-state index contributed by atoms with van der Waals surface area (Å²) in [6.07, 6.45) is 0.880. The Bertz CT molecular complexity index is 1110. The standard InChI is InChI=1S/C18H18N4OS2/c1-3-8-21-16(23)15-14(7-9-24-15)22-17(21)19-20-18(22)25-11-13-6-4-5-12(2)10-13/h4-7,9-10H,3,8,11H2,1-2H3. The van der Waals surface area contributed by atoms with E-state index in [4.69, 9.17) is 0 Å². The number of thiophene rings is 1. The first-order chi connectivity index (χ1) is 12.2. The van der Waals surface area contributed by atoms with Crippen molar-refractivity contribution < 1.29 is 0 Å². The van der Waals surface area contributed by atoms with Crippen molar-refractivity contribution in [3.8, 4) is 0 Å². The first-order valence-corrected chi connectivity index (χ1v) is 10.1. The van der Waals surface area contributed by atoms with Crippen LogP contribution >= 0.6 is 23.1 Å². The maximum absolute atomic E-state index is 12.7. The van der Waals surface area contributed by atoms with Gasteiger partial charge in [-0.25, -0.2) is 0 Å². The molecule has 0 atom stereocenters. The lowest BCUT2D eigenvalue weighted by atomic mass is 10.2. The van der Waals surface area contributed by atoms with Crippen molar-refractivity contribution in [3.05, 3.63) is 57.2 Å². The summed E-state index contributed by atoms with van der Waals surface area (Å²) >= 11 is 3.13. The zero-order valence-corrected chi connectivity index (χ0v) is 15.7. The Morgan fingerprint density at radius 1 is 1.24 bits per heavy atom. The van der Waals surface area contributed by atoms with E-state index in [1.54, 1.807) is 16.3 Å². The summed E-state index contributed by atoms with van der Waals surface area (Å²) in [7, 11) is 0. The molecule has 7 heteroatoms. The van der Waals surface area contributed by atoms with Gasteiger partial charge in [-0.05, 0) is 30.4 Å². The van der Waals surface area contributed by atoms with Crippen molar-refractivity contribution in [1.29, 1.82) is 0 Å². The van der Waals surface area contributed by atoms with Crippen LogP contribution in [-0.2, 0) is 12.3 Å². The summed E-state index contributed by atoms with van der Waals surface area (Å²) in [6.45, 7) is 4.81. The molecule has 128 valence electrons. The summed E-state index contributed by atoms with van der Waals surface area (Å²) < 4.78 is 4.52. The second kappa shape index (κ2) is 6.65. The summed E-state index contributed by atoms with van der Waals surface area (Å²) in [5.41, 5.74) is 3.43. The van der Waals surface area contributed by atoms with E-state index in [2.05, 4.69) is 48.3 Å². The van der Waals surface area contributed by atoms with Crippen molar-refractivity contribution >= 4 is 39.1 Å². The van der Waals surface area contributed by atoms with Crippen LogP contribution in [0.25, 0.3) is 16.0 Å². The van der Waals surface area contributed by atoms with E-state index in [0.717, 1.165) is 27.5 Å². The molecular formula is C18H18N4OS2. The average Bonchev–Trinajstić information content (AvgIpc) is 3.23. The fourth-order valence-corrected chi connectivity index (χ4v) is 4.68. The van der Waals surface area contributed by atoms with Crippen molar-refractivity contribution in [3.63, 3.8) is 0 Å². The van der Waals surface area contributed by atoms with E-state index in [0.29, 0.717) is 12.3 Å². The number of rotatable bonds is 5. The first kappa shape index (κ1) is 16.4. The van der Waals surface area contributed by atoms with Gasteiger partial charge in [0.05, 0.1) is 5.52 Å². The quantitative estimate of drug-likeness (QED) is 0.496. The summed E-state index contributed by atoms with van der Waals surface area (Å²) in [6, 6.07) is 10.5. The van der Waals surface area contributed by atoms with Gasteiger partial charge < -0.3 is 0 Å². The van der Waals surface area contributed by atoms with Crippen LogP contribution in [0.15, 0.2) is 45.7 Å². The molecule has 0 saturated carbocycles. The SMILES string of the molecule is CCCn1c(=O)c2sccc2n2c(SCc3cccc(C)c3)nnc12. The number of nitrogens with zero attached hydrogens (tertiary/aromatic N) is 4. The fourth-order valence-electron chi connectivity index (χ4n) is 2.97. The molecule has 0 bridgehead atoms. The number of benzene rings is 1. The topological polar surface area (TPSA) is 52.2 Å². The monoisotopic (exact) mass is 370 g/mol. The Labute approximate surface area is 153 Å². The molecule has 25 heavy (non-hydrogen) atoms. The van der Waals surface area contributed by atoms with E-state index < -0.39 is 0 Å². The van der Waals surface area contributed by atoms with E-state index in [1.807, 2.05) is 15.8 Å². The van der Waals surface area contributed by atoms with Crippen LogP contribution in [-0.4, -0.2) is 19.2 Å². The Balaban J connectivity index is 1.81. The van der Waals surface area contributed by atoms with Crippen molar-refractivity contribution in [2.75, 3.05) is 0 Å². The third-order valence-electron chi connectivity index (χ3n) is 4.08. The van der Waals surface area contributed by atoms with Gasteiger partial charge in [0.2, 0.25) is 5.78 Å². The molecular weight excluding hydrogens is 352 g/mol. The van der Waals surface area contributed by atoms with Gasteiger partial charge in [-0.3, -0.25) is 13.8 Å². The maximum atomic E-state index is 12.7. The first-order valence-electron chi connectivity index (χ1n) is 8.22. The third-order valence-corrected chi connectivity index (χ3v) is 5.97. The van der Waals surface area contributed by atoms with Crippen molar-refractivity contribution in [2.45, 2.75) is 37.7 Å². The minimum atomic E-state index is 0.0296. The largest absolute Gasteiger partial charge is 0.276 e. The summed E-state index contributed by atoms with van der Waals surface area (Å²) in [5.74, 6) is 1.45.